The lowest BCUT2D eigenvalue weighted by Gasteiger charge is -2.06. The molecule has 0 atom stereocenters. The molecule has 1 aromatic carbocycles. The van der Waals surface area contributed by atoms with Crippen LogP contribution in [0.1, 0.15) is 90.9 Å². The standard InChI is InChI=1S/C25H41N2/c1-3-5-7-9-10-11-12-17-21-27-23-22-26(20-16-8-6-4-2)25(27)24-18-14-13-15-19-24/h13-15,18-19,22-23H,3-12,16-17,20-21H2,1-2H3/q+1. The Morgan fingerprint density at radius 2 is 1.30 bits per heavy atom. The summed E-state index contributed by atoms with van der Waals surface area (Å²) < 4.78 is 4.95. The third kappa shape index (κ3) is 7.91. The van der Waals surface area contributed by atoms with Gasteiger partial charge in [0.15, 0.2) is 0 Å². The van der Waals surface area contributed by atoms with Crippen molar-refractivity contribution in [3.8, 4) is 11.4 Å². The first-order chi connectivity index (χ1) is 13.4. The lowest BCUT2D eigenvalue weighted by atomic mass is 10.1. The Kier molecular flexibility index (Phi) is 10.9. The predicted molar refractivity (Wildman–Crippen MR) is 117 cm³/mol. The third-order valence-corrected chi connectivity index (χ3v) is 5.51. The van der Waals surface area contributed by atoms with Gasteiger partial charge in [-0.2, -0.15) is 0 Å². The number of hydrogen-bond acceptors (Lipinski definition) is 0. The molecular weight excluding hydrogens is 328 g/mol. The smallest absolute Gasteiger partial charge is 0.230 e. The Hall–Kier alpha value is -1.57. The maximum Gasteiger partial charge on any atom is 0.288 e. The minimum Gasteiger partial charge on any atom is -0.230 e. The molecule has 1 aromatic heterocycles. The Morgan fingerprint density at radius 3 is 1.96 bits per heavy atom. The van der Waals surface area contributed by atoms with Gasteiger partial charge < -0.3 is 0 Å². The average Bonchev–Trinajstić information content (AvgIpc) is 3.10. The van der Waals surface area contributed by atoms with Crippen molar-refractivity contribution < 1.29 is 4.57 Å². The third-order valence-electron chi connectivity index (χ3n) is 5.51. The first kappa shape index (κ1) is 21.7. The Labute approximate surface area is 167 Å². The van der Waals surface area contributed by atoms with Crippen LogP contribution in [0.15, 0.2) is 42.7 Å². The molecule has 2 aromatic rings. The maximum atomic E-state index is 2.48. The number of aromatic nitrogens is 2. The van der Waals surface area contributed by atoms with Crippen molar-refractivity contribution in [1.82, 2.24) is 4.57 Å². The fourth-order valence-corrected chi connectivity index (χ4v) is 3.87. The van der Waals surface area contributed by atoms with Gasteiger partial charge in [0.1, 0.15) is 12.4 Å². The molecule has 0 radical (unpaired) electrons. The van der Waals surface area contributed by atoms with E-state index in [1.54, 1.807) is 0 Å². The van der Waals surface area contributed by atoms with Crippen LogP contribution in [0.25, 0.3) is 11.4 Å². The quantitative estimate of drug-likeness (QED) is 0.232. The van der Waals surface area contributed by atoms with Crippen LogP contribution < -0.4 is 4.57 Å². The second kappa shape index (κ2) is 13.6. The normalized spacial score (nSPS) is 11.2. The van der Waals surface area contributed by atoms with Crippen LogP contribution in [0.4, 0.5) is 0 Å². The minimum atomic E-state index is 1.13. The second-order valence-corrected chi connectivity index (χ2v) is 7.91. The zero-order chi connectivity index (χ0) is 19.2. The Balaban J connectivity index is 1.88. The first-order valence-electron chi connectivity index (χ1n) is 11.5. The highest BCUT2D eigenvalue weighted by molar-refractivity contribution is 5.52. The van der Waals surface area contributed by atoms with Crippen LogP contribution in [0.2, 0.25) is 0 Å². The van der Waals surface area contributed by atoms with Crippen LogP contribution in [0, 0.1) is 0 Å². The lowest BCUT2D eigenvalue weighted by Crippen LogP contribution is -2.34. The zero-order valence-electron chi connectivity index (χ0n) is 17.8. The number of unbranched alkanes of at least 4 members (excludes halogenated alkanes) is 10. The largest absolute Gasteiger partial charge is 0.288 e. The average molecular weight is 370 g/mol. The molecule has 0 amide bonds. The van der Waals surface area contributed by atoms with Crippen LogP contribution in [0.3, 0.4) is 0 Å². The number of aryl methyl sites for hydroxylation is 2. The summed E-state index contributed by atoms with van der Waals surface area (Å²) in [6.45, 7) is 6.84. The summed E-state index contributed by atoms with van der Waals surface area (Å²) in [4.78, 5) is 0. The van der Waals surface area contributed by atoms with Crippen molar-refractivity contribution in [2.75, 3.05) is 0 Å². The molecule has 0 spiro atoms. The van der Waals surface area contributed by atoms with Gasteiger partial charge in [-0.05, 0) is 37.8 Å². The molecule has 0 unspecified atom stereocenters. The molecule has 2 rings (SSSR count). The summed E-state index contributed by atoms with van der Waals surface area (Å²) in [6, 6.07) is 10.9. The molecule has 0 aliphatic rings. The van der Waals surface area contributed by atoms with E-state index in [4.69, 9.17) is 0 Å². The van der Waals surface area contributed by atoms with Gasteiger partial charge in [-0.3, -0.25) is 0 Å². The molecular formula is C25H41N2+. The molecule has 0 N–H and O–H groups in total. The Bertz CT molecular complexity index is 600. The summed E-state index contributed by atoms with van der Waals surface area (Å²) in [5, 5.41) is 0. The minimum absolute atomic E-state index is 1.13. The van der Waals surface area contributed by atoms with E-state index in [0.29, 0.717) is 0 Å². The van der Waals surface area contributed by atoms with Gasteiger partial charge in [-0.25, -0.2) is 9.13 Å². The van der Waals surface area contributed by atoms with Crippen molar-refractivity contribution in [2.45, 2.75) is 104 Å². The number of imidazole rings is 1. The van der Waals surface area contributed by atoms with Crippen LogP contribution >= 0.6 is 0 Å². The maximum absolute atomic E-state index is 2.48. The highest BCUT2D eigenvalue weighted by Gasteiger charge is 2.18. The summed E-state index contributed by atoms with van der Waals surface area (Å²) in [5.74, 6) is 1.38. The molecule has 27 heavy (non-hydrogen) atoms. The van der Waals surface area contributed by atoms with Crippen molar-refractivity contribution in [3.05, 3.63) is 42.7 Å². The van der Waals surface area contributed by atoms with E-state index in [-0.39, 0.29) is 0 Å². The molecule has 0 saturated carbocycles. The molecule has 0 aliphatic heterocycles. The SMILES string of the molecule is CCCCCCCCCCn1cc[n+](CCCCCC)c1-c1ccccc1. The molecule has 0 bridgehead atoms. The number of nitrogens with zero attached hydrogens (tertiary/aromatic N) is 2. The van der Waals surface area contributed by atoms with Gasteiger partial charge in [-0.1, -0.05) is 83.4 Å². The van der Waals surface area contributed by atoms with Crippen LogP contribution in [-0.2, 0) is 13.1 Å². The van der Waals surface area contributed by atoms with Gasteiger partial charge in [-0.15, -0.1) is 0 Å². The monoisotopic (exact) mass is 369 g/mol. The predicted octanol–water partition coefficient (Wildman–Crippen LogP) is 7.16. The molecule has 1 heterocycles. The van der Waals surface area contributed by atoms with E-state index in [9.17, 15) is 0 Å². The molecule has 0 fully saturated rings. The number of rotatable bonds is 15. The fourth-order valence-electron chi connectivity index (χ4n) is 3.87. The van der Waals surface area contributed by atoms with Crippen molar-refractivity contribution in [1.29, 1.82) is 0 Å². The van der Waals surface area contributed by atoms with Gasteiger partial charge >= 0.3 is 0 Å². The molecule has 0 aliphatic carbocycles. The van der Waals surface area contributed by atoms with E-state index in [0.717, 1.165) is 13.1 Å². The lowest BCUT2D eigenvalue weighted by molar-refractivity contribution is -0.686. The highest BCUT2D eigenvalue weighted by atomic mass is 15.1. The van der Waals surface area contributed by atoms with E-state index < -0.39 is 0 Å². The number of hydrogen-bond donors (Lipinski definition) is 0. The topological polar surface area (TPSA) is 8.81 Å². The summed E-state index contributed by atoms with van der Waals surface area (Å²) in [5.41, 5.74) is 1.34. The van der Waals surface area contributed by atoms with Crippen molar-refractivity contribution in [3.63, 3.8) is 0 Å². The van der Waals surface area contributed by atoms with Gasteiger partial charge in [0.2, 0.25) is 0 Å². The summed E-state index contributed by atoms with van der Waals surface area (Å²) in [6.07, 6.45) is 20.9. The van der Waals surface area contributed by atoms with Crippen LogP contribution in [0.5, 0.6) is 0 Å². The molecule has 2 heteroatoms. The summed E-state index contributed by atoms with van der Waals surface area (Å²) in [7, 11) is 0. The number of benzene rings is 1. The molecule has 0 saturated heterocycles. The molecule has 150 valence electrons. The Morgan fingerprint density at radius 1 is 0.704 bits per heavy atom. The van der Waals surface area contributed by atoms with Gasteiger partial charge in [0, 0.05) is 0 Å². The summed E-state index contributed by atoms with van der Waals surface area (Å²) >= 11 is 0. The van der Waals surface area contributed by atoms with E-state index >= 15 is 0 Å². The van der Waals surface area contributed by atoms with E-state index in [1.807, 2.05) is 0 Å². The van der Waals surface area contributed by atoms with Gasteiger partial charge in [0.05, 0.1) is 18.7 Å². The van der Waals surface area contributed by atoms with Crippen molar-refractivity contribution in [2.24, 2.45) is 0 Å². The van der Waals surface area contributed by atoms with Gasteiger partial charge in [0.25, 0.3) is 5.82 Å². The zero-order valence-corrected chi connectivity index (χ0v) is 17.8. The highest BCUT2D eigenvalue weighted by Crippen LogP contribution is 2.17. The van der Waals surface area contributed by atoms with E-state index in [1.165, 1.54) is 88.4 Å². The van der Waals surface area contributed by atoms with E-state index in [2.05, 4.69) is 65.7 Å². The van der Waals surface area contributed by atoms with Crippen LogP contribution in [-0.4, -0.2) is 4.57 Å². The fraction of sp³-hybridized carbons (Fsp3) is 0.640. The van der Waals surface area contributed by atoms with Crippen molar-refractivity contribution >= 4 is 0 Å². The molecule has 2 nitrogen and oxygen atoms in total. The second-order valence-electron chi connectivity index (χ2n) is 7.91. The first-order valence-corrected chi connectivity index (χ1v) is 11.5.